The van der Waals surface area contributed by atoms with Crippen LogP contribution in [0.3, 0.4) is 0 Å². The Morgan fingerprint density at radius 2 is 2.00 bits per heavy atom. The molecule has 3 aliphatic rings. The van der Waals surface area contributed by atoms with E-state index >= 15 is 0 Å². The van der Waals surface area contributed by atoms with Gasteiger partial charge >= 0.3 is 11.9 Å². The number of carbonyl (C=O) groups excluding carboxylic acids is 2. The summed E-state index contributed by atoms with van der Waals surface area (Å²) in [6, 6.07) is 11.3. The number of esters is 2. The lowest BCUT2D eigenvalue weighted by Gasteiger charge is -2.52. The molecule has 0 saturated heterocycles. The molecule has 9 heteroatoms. The Morgan fingerprint density at radius 3 is 2.64 bits per heavy atom. The lowest BCUT2D eigenvalue weighted by Crippen LogP contribution is -2.54. The van der Waals surface area contributed by atoms with Crippen LogP contribution in [0, 0.1) is 23.2 Å². The Balaban J connectivity index is 1.62. The summed E-state index contributed by atoms with van der Waals surface area (Å²) >= 11 is 6.44. The van der Waals surface area contributed by atoms with Gasteiger partial charge in [-0.25, -0.2) is 4.79 Å². The number of hydrogen-bond donors (Lipinski definition) is 2. The van der Waals surface area contributed by atoms with Gasteiger partial charge in [-0.1, -0.05) is 57.5 Å². The first kappa shape index (κ1) is 35.2. The van der Waals surface area contributed by atoms with Crippen molar-refractivity contribution in [2.45, 2.75) is 83.3 Å². The normalized spacial score (nSPS) is 26.1. The summed E-state index contributed by atoms with van der Waals surface area (Å²) in [6.07, 6.45) is 5.81. The van der Waals surface area contributed by atoms with Crippen LogP contribution < -0.4 is 9.64 Å². The predicted octanol–water partition coefficient (Wildman–Crippen LogP) is 6.36. The van der Waals surface area contributed by atoms with Gasteiger partial charge in [0.1, 0.15) is 11.7 Å². The first-order chi connectivity index (χ1) is 22.3. The number of halogens is 1. The third kappa shape index (κ3) is 6.53. The average Bonchev–Trinajstić information content (AvgIpc) is 3.19. The molecule has 256 valence electrons. The van der Waals surface area contributed by atoms with Gasteiger partial charge < -0.3 is 29.3 Å². The molecule has 1 aliphatic heterocycles. The van der Waals surface area contributed by atoms with Crippen LogP contribution in [0.5, 0.6) is 5.75 Å². The summed E-state index contributed by atoms with van der Waals surface area (Å²) in [5.41, 5.74) is 0.534. The zero-order valence-electron chi connectivity index (χ0n) is 28.4. The van der Waals surface area contributed by atoms with Crippen molar-refractivity contribution in [3.63, 3.8) is 0 Å². The Labute approximate surface area is 284 Å². The molecular formula is C38H50ClNO7. The number of benzene rings is 2. The molecule has 0 radical (unpaired) electrons. The number of fused-ring (bicyclic) bond motifs is 3. The second-order valence-electron chi connectivity index (χ2n) is 14.5. The van der Waals surface area contributed by atoms with E-state index in [1.165, 1.54) is 18.2 Å². The van der Waals surface area contributed by atoms with Crippen LogP contribution in [0.1, 0.15) is 76.5 Å². The van der Waals surface area contributed by atoms with E-state index < -0.39 is 29.6 Å². The highest BCUT2D eigenvalue weighted by molar-refractivity contribution is 6.30. The molecule has 47 heavy (non-hydrogen) atoms. The molecule has 6 atom stereocenters. The van der Waals surface area contributed by atoms with Crippen molar-refractivity contribution in [2.24, 2.45) is 23.2 Å². The third-order valence-corrected chi connectivity index (χ3v) is 11.1. The van der Waals surface area contributed by atoms with Gasteiger partial charge in [0.25, 0.3) is 0 Å². The van der Waals surface area contributed by atoms with Gasteiger partial charge in [-0.15, -0.1) is 6.58 Å². The minimum atomic E-state index is -2.29. The average molecular weight is 668 g/mol. The number of aliphatic hydroxyl groups excluding tert-OH is 1. The van der Waals surface area contributed by atoms with Gasteiger partial charge in [0.15, 0.2) is 0 Å². The van der Waals surface area contributed by atoms with Crippen LogP contribution in [0.4, 0.5) is 5.69 Å². The largest absolute Gasteiger partial charge is 0.490 e. The monoisotopic (exact) mass is 667 g/mol. The van der Waals surface area contributed by atoms with E-state index in [0.29, 0.717) is 36.2 Å². The van der Waals surface area contributed by atoms with Crippen LogP contribution in [-0.4, -0.2) is 61.7 Å². The molecule has 1 heterocycles. The smallest absolute Gasteiger partial charge is 0.343 e. The molecule has 2 aliphatic carbocycles. The van der Waals surface area contributed by atoms with Gasteiger partial charge in [0.2, 0.25) is 5.60 Å². The number of rotatable bonds is 11. The number of hydrogen-bond acceptors (Lipinski definition) is 8. The topological polar surface area (TPSA) is 106 Å². The van der Waals surface area contributed by atoms with Crippen molar-refractivity contribution >= 4 is 29.2 Å². The number of nitrogens with zero attached hydrogens (tertiary/aromatic N) is 1. The van der Waals surface area contributed by atoms with Crippen LogP contribution in [0.25, 0.3) is 0 Å². The fourth-order valence-electron chi connectivity index (χ4n) is 8.11. The van der Waals surface area contributed by atoms with Crippen molar-refractivity contribution in [3.05, 3.63) is 70.8 Å². The van der Waals surface area contributed by atoms with E-state index in [2.05, 4.69) is 30.5 Å². The lowest BCUT2D eigenvalue weighted by molar-refractivity contribution is -0.182. The molecule has 1 unspecified atom stereocenters. The van der Waals surface area contributed by atoms with Crippen LogP contribution in [0.2, 0.25) is 5.02 Å². The number of aliphatic hydroxyl groups is 2. The second-order valence-corrected chi connectivity index (χ2v) is 15.0. The van der Waals surface area contributed by atoms with E-state index in [0.717, 1.165) is 32.1 Å². The number of methoxy groups -OCH3 is 1. The summed E-state index contributed by atoms with van der Waals surface area (Å²) in [6.45, 7) is 13.5. The van der Waals surface area contributed by atoms with E-state index in [1.54, 1.807) is 31.2 Å². The van der Waals surface area contributed by atoms with E-state index in [-0.39, 0.29) is 41.3 Å². The fourth-order valence-corrected chi connectivity index (χ4v) is 8.31. The maximum atomic E-state index is 13.5. The van der Waals surface area contributed by atoms with Crippen molar-refractivity contribution < 1.29 is 34.0 Å². The molecule has 0 amide bonds. The molecule has 1 spiro atoms. The Kier molecular flexibility index (Phi) is 10.4. The molecule has 0 aromatic heterocycles. The number of anilines is 1. The van der Waals surface area contributed by atoms with Crippen molar-refractivity contribution in [1.82, 2.24) is 0 Å². The summed E-state index contributed by atoms with van der Waals surface area (Å²) in [5.74, 6) is -2.03. The van der Waals surface area contributed by atoms with Crippen molar-refractivity contribution in [1.29, 1.82) is 0 Å². The zero-order valence-corrected chi connectivity index (χ0v) is 29.1. The fraction of sp³-hybridized carbons (Fsp3) is 0.579. The minimum absolute atomic E-state index is 0.0383. The second kappa shape index (κ2) is 13.8. The Morgan fingerprint density at radius 1 is 1.23 bits per heavy atom. The predicted molar refractivity (Wildman–Crippen MR) is 183 cm³/mol. The summed E-state index contributed by atoms with van der Waals surface area (Å²) < 4.78 is 17.3. The van der Waals surface area contributed by atoms with Crippen LogP contribution >= 0.6 is 11.6 Å². The summed E-state index contributed by atoms with van der Waals surface area (Å²) in [7, 11) is 1.21. The summed E-state index contributed by atoms with van der Waals surface area (Å²) in [5, 5.41) is 23.8. The number of ether oxygens (including phenoxy) is 3. The molecule has 2 aromatic rings. The molecular weight excluding hydrogens is 618 g/mol. The van der Waals surface area contributed by atoms with Gasteiger partial charge in [-0.2, -0.15) is 0 Å². The maximum Gasteiger partial charge on any atom is 0.343 e. The zero-order chi connectivity index (χ0) is 34.1. The minimum Gasteiger partial charge on any atom is -0.490 e. The maximum absolute atomic E-state index is 13.5. The highest BCUT2D eigenvalue weighted by atomic mass is 35.5. The standard InChI is InChI=1S/C38H50ClNO7/c1-7-28(34(42)46-20-24(3)4)38(44,35(43)45-6)26-11-14-33-31(19-26)40(21-36(5)17-15-30(36)32(41)8-2)22-37(23-47-33)16-9-10-25-18-27(39)12-13-29(25)37/h8,11-14,18-19,24,28,30,32,41,44H,2,7,9-10,15-17,20-23H2,1,3-6H3/t28-,30+,32+,36?,37+,38+/m1/s1. The van der Waals surface area contributed by atoms with E-state index in [4.69, 9.17) is 25.8 Å². The van der Waals surface area contributed by atoms with Gasteiger partial charge in [-0.05, 0) is 96.7 Å². The lowest BCUT2D eigenvalue weighted by atomic mass is 9.58. The van der Waals surface area contributed by atoms with Crippen LogP contribution in [-0.2, 0) is 36.5 Å². The number of aryl methyl sites for hydroxylation is 1. The molecule has 1 fully saturated rings. The molecule has 2 aromatic carbocycles. The third-order valence-electron chi connectivity index (χ3n) is 10.9. The quantitative estimate of drug-likeness (QED) is 0.211. The Hall–Kier alpha value is -3.07. The van der Waals surface area contributed by atoms with Gasteiger partial charge in [0.05, 0.1) is 32.1 Å². The van der Waals surface area contributed by atoms with E-state index in [1.807, 2.05) is 19.9 Å². The highest BCUT2D eigenvalue weighted by Gasteiger charge is 2.52. The van der Waals surface area contributed by atoms with Crippen LogP contribution in [0.15, 0.2) is 49.1 Å². The first-order valence-corrected chi connectivity index (χ1v) is 17.3. The Bertz CT molecular complexity index is 1490. The molecule has 1 saturated carbocycles. The molecule has 5 rings (SSSR count). The number of carbonyl (C=O) groups is 2. The van der Waals surface area contributed by atoms with Gasteiger partial charge in [-0.3, -0.25) is 4.79 Å². The van der Waals surface area contributed by atoms with Crippen molar-refractivity contribution in [2.75, 3.05) is 38.3 Å². The SMILES string of the molecule is C=C[C@H](O)[C@@H]1CCC1(C)CN1C[C@@]2(CCCc3cc(Cl)ccc32)COc2ccc([C@@](O)(C(=O)OC)[C@H](CC)C(=O)OCC(C)C)cc21. The first-order valence-electron chi connectivity index (χ1n) is 16.9. The van der Waals surface area contributed by atoms with Crippen molar-refractivity contribution in [3.8, 4) is 5.75 Å². The summed E-state index contributed by atoms with van der Waals surface area (Å²) in [4.78, 5) is 29.1. The van der Waals surface area contributed by atoms with E-state index in [9.17, 15) is 19.8 Å². The molecule has 0 bridgehead atoms. The molecule has 8 nitrogen and oxygen atoms in total. The van der Waals surface area contributed by atoms with Gasteiger partial charge in [0, 0.05) is 23.5 Å². The highest BCUT2D eigenvalue weighted by Crippen LogP contribution is 2.52. The molecule has 2 N–H and O–H groups in total.